The molecule has 0 saturated carbocycles. The maximum absolute atomic E-state index is 15.0. The molecular weight excluding hydrogens is 511 g/mol. The number of pyridine rings is 1. The van der Waals surface area contributed by atoms with Gasteiger partial charge in [-0.2, -0.15) is 0 Å². The molecule has 1 fully saturated rings. The number of ether oxygens (including phenoxy) is 2. The van der Waals surface area contributed by atoms with E-state index in [1.807, 2.05) is 0 Å². The van der Waals surface area contributed by atoms with E-state index in [-0.39, 0.29) is 30.2 Å². The van der Waals surface area contributed by atoms with Gasteiger partial charge in [0, 0.05) is 29.9 Å². The standard InChI is InChI=1S/C27H27FN4O7/c1-14-8-18-16(10-29-14)9-19(39-18)27(23(34)32(25(36)30-27)13-38-24(35)26(2,3)4)12-31-11-15-6-7-17(37-5)21(28)20(15)22(31)33/h6-10H,11-13H2,1-5H3,(H,30,36)/t27-/m0/s1. The Balaban J connectivity index is 1.53. The van der Waals surface area contributed by atoms with Gasteiger partial charge in [0.05, 0.1) is 24.6 Å². The first-order valence-corrected chi connectivity index (χ1v) is 12.2. The van der Waals surface area contributed by atoms with Crippen LogP contribution in [0.3, 0.4) is 0 Å². The number of esters is 1. The van der Waals surface area contributed by atoms with Gasteiger partial charge in [0.2, 0.25) is 0 Å². The normalized spacial score (nSPS) is 19.1. The summed E-state index contributed by atoms with van der Waals surface area (Å²) in [5, 5.41) is 3.22. The molecule has 0 radical (unpaired) electrons. The van der Waals surface area contributed by atoms with Crippen molar-refractivity contribution in [3.63, 3.8) is 0 Å². The summed E-state index contributed by atoms with van der Waals surface area (Å²) in [5.74, 6) is -2.92. The summed E-state index contributed by atoms with van der Waals surface area (Å²) >= 11 is 0. The lowest BCUT2D eigenvalue weighted by molar-refractivity contribution is -0.158. The Morgan fingerprint density at radius 2 is 1.97 bits per heavy atom. The van der Waals surface area contributed by atoms with E-state index in [2.05, 4.69) is 10.3 Å². The van der Waals surface area contributed by atoms with Crippen molar-refractivity contribution >= 4 is 34.8 Å². The molecule has 204 valence electrons. The van der Waals surface area contributed by atoms with E-state index in [0.29, 0.717) is 22.2 Å². The number of fused-ring (bicyclic) bond motifs is 2. The number of benzene rings is 1. The van der Waals surface area contributed by atoms with E-state index < -0.39 is 47.3 Å². The number of urea groups is 1. The van der Waals surface area contributed by atoms with E-state index in [9.17, 15) is 23.6 Å². The van der Waals surface area contributed by atoms with E-state index in [1.54, 1.807) is 52.1 Å². The number of hydrogen-bond acceptors (Lipinski definition) is 8. The lowest BCUT2D eigenvalue weighted by atomic mass is 9.95. The SMILES string of the molecule is COc1ccc2c(c1F)C(=O)N(C[C@@]1(c3cc4cnc(C)cc4o3)NC(=O)N(COC(=O)C(C)(C)C)C1=O)C2. The fourth-order valence-electron chi connectivity index (χ4n) is 4.64. The van der Waals surface area contributed by atoms with Crippen LogP contribution in [0.2, 0.25) is 0 Å². The van der Waals surface area contributed by atoms with Gasteiger partial charge in [0.15, 0.2) is 23.8 Å². The lowest BCUT2D eigenvalue weighted by Crippen LogP contribution is -2.52. The molecule has 0 unspecified atom stereocenters. The van der Waals surface area contributed by atoms with Gasteiger partial charge in [-0.1, -0.05) is 6.07 Å². The summed E-state index contributed by atoms with van der Waals surface area (Å²) in [4.78, 5) is 58.9. The van der Waals surface area contributed by atoms with Crippen molar-refractivity contribution in [2.24, 2.45) is 5.41 Å². The van der Waals surface area contributed by atoms with Crippen molar-refractivity contribution in [2.75, 3.05) is 20.4 Å². The number of carbonyl (C=O) groups excluding carboxylic acids is 4. The van der Waals surface area contributed by atoms with Crippen molar-refractivity contribution in [3.05, 3.63) is 58.9 Å². The van der Waals surface area contributed by atoms with Crippen LogP contribution in [0.4, 0.5) is 9.18 Å². The van der Waals surface area contributed by atoms with Gasteiger partial charge in [0.25, 0.3) is 11.8 Å². The third kappa shape index (κ3) is 4.25. The minimum atomic E-state index is -1.88. The summed E-state index contributed by atoms with van der Waals surface area (Å²) in [5.41, 5.74) is -1.41. The highest BCUT2D eigenvalue weighted by molar-refractivity contribution is 6.08. The number of imide groups is 1. The summed E-state index contributed by atoms with van der Waals surface area (Å²) in [6.45, 7) is 5.67. The first-order chi connectivity index (χ1) is 18.4. The zero-order valence-electron chi connectivity index (χ0n) is 22.1. The Kier molecular flexibility index (Phi) is 6.08. The van der Waals surface area contributed by atoms with Crippen LogP contribution in [0.5, 0.6) is 5.75 Å². The van der Waals surface area contributed by atoms with E-state index in [0.717, 1.165) is 4.90 Å². The number of furan rings is 1. The molecule has 1 saturated heterocycles. The predicted molar refractivity (Wildman–Crippen MR) is 134 cm³/mol. The van der Waals surface area contributed by atoms with Gasteiger partial charge < -0.3 is 24.1 Å². The van der Waals surface area contributed by atoms with Crippen LogP contribution in [-0.4, -0.2) is 59.0 Å². The summed E-state index contributed by atoms with van der Waals surface area (Å²) in [6, 6.07) is 5.39. The summed E-state index contributed by atoms with van der Waals surface area (Å²) in [7, 11) is 1.29. The number of aromatic nitrogens is 1. The van der Waals surface area contributed by atoms with Gasteiger partial charge >= 0.3 is 12.0 Å². The molecule has 1 N–H and O–H groups in total. The topological polar surface area (TPSA) is 131 Å². The highest BCUT2D eigenvalue weighted by Gasteiger charge is 2.57. The Morgan fingerprint density at radius 1 is 1.23 bits per heavy atom. The van der Waals surface area contributed by atoms with Crippen molar-refractivity contribution in [3.8, 4) is 5.75 Å². The van der Waals surface area contributed by atoms with E-state index in [4.69, 9.17) is 13.9 Å². The molecule has 1 aromatic carbocycles. The molecule has 0 spiro atoms. The molecule has 3 aromatic rings. The number of halogens is 1. The van der Waals surface area contributed by atoms with Crippen LogP contribution < -0.4 is 10.1 Å². The van der Waals surface area contributed by atoms with Crippen molar-refractivity contribution in [1.29, 1.82) is 0 Å². The maximum atomic E-state index is 15.0. The highest BCUT2D eigenvalue weighted by atomic mass is 19.1. The smallest absolute Gasteiger partial charge is 0.328 e. The van der Waals surface area contributed by atoms with Crippen molar-refractivity contribution in [2.45, 2.75) is 39.8 Å². The average Bonchev–Trinajstić information content (AvgIpc) is 3.50. The predicted octanol–water partition coefficient (Wildman–Crippen LogP) is 3.23. The van der Waals surface area contributed by atoms with Crippen LogP contribution in [-0.2, 0) is 26.4 Å². The summed E-state index contributed by atoms with van der Waals surface area (Å²) in [6.07, 6.45) is 1.56. The molecule has 2 aliphatic heterocycles. The molecule has 2 aromatic heterocycles. The molecule has 0 bridgehead atoms. The number of amides is 4. The quantitative estimate of drug-likeness (QED) is 0.374. The molecule has 5 rings (SSSR count). The van der Waals surface area contributed by atoms with Crippen LogP contribution in [0.15, 0.2) is 34.9 Å². The molecule has 12 heteroatoms. The van der Waals surface area contributed by atoms with E-state index >= 15 is 0 Å². The molecule has 4 amide bonds. The largest absolute Gasteiger partial charge is 0.494 e. The van der Waals surface area contributed by atoms with Gasteiger partial charge in [-0.3, -0.25) is 19.4 Å². The molecule has 0 aliphatic carbocycles. The van der Waals surface area contributed by atoms with Crippen LogP contribution >= 0.6 is 0 Å². The van der Waals surface area contributed by atoms with Crippen molar-refractivity contribution in [1.82, 2.24) is 20.1 Å². The monoisotopic (exact) mass is 538 g/mol. The van der Waals surface area contributed by atoms with Gasteiger partial charge in [0.1, 0.15) is 11.3 Å². The minimum Gasteiger partial charge on any atom is -0.494 e. The molecule has 39 heavy (non-hydrogen) atoms. The maximum Gasteiger partial charge on any atom is 0.328 e. The Hall–Kier alpha value is -4.48. The summed E-state index contributed by atoms with van der Waals surface area (Å²) < 4.78 is 31.3. The first-order valence-electron chi connectivity index (χ1n) is 12.2. The molecule has 11 nitrogen and oxygen atoms in total. The fraction of sp³-hybridized carbons (Fsp3) is 0.370. The second-order valence-electron chi connectivity index (χ2n) is 10.6. The molecule has 4 heterocycles. The number of hydrogen-bond donors (Lipinski definition) is 1. The first kappa shape index (κ1) is 26.1. The molecular formula is C27H27FN4O7. The molecule has 2 aliphatic rings. The number of rotatable bonds is 6. The highest BCUT2D eigenvalue weighted by Crippen LogP contribution is 2.38. The fourth-order valence-corrected chi connectivity index (χ4v) is 4.64. The average molecular weight is 539 g/mol. The zero-order chi connectivity index (χ0) is 28.3. The van der Waals surface area contributed by atoms with E-state index in [1.165, 1.54) is 18.1 Å². The Bertz CT molecular complexity index is 1540. The second-order valence-corrected chi connectivity index (χ2v) is 10.6. The van der Waals surface area contributed by atoms with Crippen LogP contribution in [0, 0.1) is 18.2 Å². The van der Waals surface area contributed by atoms with Crippen LogP contribution in [0.1, 0.15) is 48.1 Å². The number of nitrogens with zero attached hydrogens (tertiary/aromatic N) is 3. The van der Waals surface area contributed by atoms with Gasteiger partial charge in [-0.15, -0.1) is 0 Å². The number of aryl methyl sites for hydroxylation is 1. The number of nitrogens with one attached hydrogen (secondary N) is 1. The number of carbonyl (C=O) groups is 4. The number of methoxy groups -OCH3 is 1. The second kappa shape index (κ2) is 9.07. The Labute approximate surface area is 222 Å². The third-order valence-electron chi connectivity index (χ3n) is 6.77. The van der Waals surface area contributed by atoms with Crippen LogP contribution in [0.25, 0.3) is 11.0 Å². The zero-order valence-corrected chi connectivity index (χ0v) is 22.1. The minimum absolute atomic E-state index is 0.0140. The lowest BCUT2D eigenvalue weighted by Gasteiger charge is -2.29. The Morgan fingerprint density at radius 3 is 2.67 bits per heavy atom. The van der Waals surface area contributed by atoms with Gasteiger partial charge in [-0.05, 0) is 45.4 Å². The third-order valence-corrected chi connectivity index (χ3v) is 6.77. The molecule has 1 atom stereocenters. The van der Waals surface area contributed by atoms with Gasteiger partial charge in [-0.25, -0.2) is 14.1 Å². The van der Waals surface area contributed by atoms with Crippen molar-refractivity contribution < 1.29 is 37.5 Å².